The van der Waals surface area contributed by atoms with Gasteiger partial charge < -0.3 is 19.0 Å². The van der Waals surface area contributed by atoms with Crippen LogP contribution in [0.5, 0.6) is 0 Å². The van der Waals surface area contributed by atoms with Crippen molar-refractivity contribution in [3.63, 3.8) is 0 Å². The third-order valence-corrected chi connectivity index (χ3v) is 5.49. The zero-order valence-corrected chi connectivity index (χ0v) is 22.9. The normalized spacial score (nSPS) is 9.95. The molecule has 0 fully saturated rings. The van der Waals surface area contributed by atoms with E-state index in [1.54, 1.807) is 69.7 Å². The fourth-order valence-electron chi connectivity index (χ4n) is 3.43. The first kappa shape index (κ1) is 32.0. The van der Waals surface area contributed by atoms with Crippen LogP contribution < -0.4 is 11.1 Å². The first-order valence-corrected chi connectivity index (χ1v) is 11.3. The van der Waals surface area contributed by atoms with Crippen LogP contribution in [0, 0.1) is 0 Å². The molecule has 0 atom stereocenters. The largest absolute Gasteiger partial charge is 0.478 e. The summed E-state index contributed by atoms with van der Waals surface area (Å²) >= 11 is 0. The van der Waals surface area contributed by atoms with Crippen molar-refractivity contribution >= 4 is 45.8 Å². The fraction of sp³-hybridized carbons (Fsp3) is 0.259. The summed E-state index contributed by atoms with van der Waals surface area (Å²) in [6.07, 6.45) is 2.87. The number of methoxy groups -OCH3 is 1. The van der Waals surface area contributed by atoms with Gasteiger partial charge in [-0.1, -0.05) is 36.4 Å². The summed E-state index contributed by atoms with van der Waals surface area (Å²) in [5.74, 6) is -1.31. The molecule has 38 heavy (non-hydrogen) atoms. The van der Waals surface area contributed by atoms with E-state index < -0.39 is 5.97 Å². The smallest absolute Gasteiger partial charge is 0.337 e. The first-order valence-electron chi connectivity index (χ1n) is 11.3. The SMILES string of the molecule is CCOC.CON(C)C(=O)c1cn(C)c(=O)c2ccccc12.Cl.Cn1cc(C(=O)O)c2ccccc2c1=O. The number of ether oxygens (including phenoxy) is 1. The summed E-state index contributed by atoms with van der Waals surface area (Å²) in [6, 6.07) is 13.7. The molecular weight excluding hydrogens is 514 g/mol. The number of hydroxylamine groups is 2. The summed E-state index contributed by atoms with van der Waals surface area (Å²) < 4.78 is 7.23. The van der Waals surface area contributed by atoms with Gasteiger partial charge in [-0.25, -0.2) is 9.86 Å². The second-order valence-electron chi connectivity index (χ2n) is 7.88. The van der Waals surface area contributed by atoms with Crippen molar-refractivity contribution in [2.24, 2.45) is 14.1 Å². The number of fused-ring (bicyclic) bond motifs is 2. The molecule has 0 saturated heterocycles. The number of carbonyl (C=O) groups excluding carboxylic acids is 1. The number of pyridine rings is 2. The fourth-order valence-corrected chi connectivity index (χ4v) is 3.43. The number of halogens is 1. The van der Waals surface area contributed by atoms with Gasteiger partial charge in [0.05, 0.1) is 18.2 Å². The van der Waals surface area contributed by atoms with Crippen LogP contribution in [-0.4, -0.2) is 59.1 Å². The minimum Gasteiger partial charge on any atom is -0.478 e. The van der Waals surface area contributed by atoms with E-state index in [0.29, 0.717) is 27.1 Å². The Morgan fingerprint density at radius 1 is 0.816 bits per heavy atom. The standard InChI is InChI=1S/C13H14N2O3.C11H9NO3.C3H8O.ClH/c1-14-8-11(13(17)15(2)18-3)9-6-4-5-7-10(9)12(14)16;1-12-6-9(11(14)15)7-4-2-3-5-8(7)10(12)13;1-3-4-2;/h4-8H,1-3H3;2-6H,1H3,(H,14,15);3H2,1-2H3;1H. The quantitative estimate of drug-likeness (QED) is 0.390. The van der Waals surface area contributed by atoms with Gasteiger partial charge in [0.25, 0.3) is 17.0 Å². The number of nitrogens with zero attached hydrogens (tertiary/aromatic N) is 3. The molecule has 2 heterocycles. The van der Waals surface area contributed by atoms with Crippen LogP contribution in [0.2, 0.25) is 0 Å². The lowest BCUT2D eigenvalue weighted by Gasteiger charge is -2.15. The van der Waals surface area contributed by atoms with Gasteiger partial charge in [0, 0.05) is 68.8 Å². The van der Waals surface area contributed by atoms with Gasteiger partial charge in [-0.15, -0.1) is 12.4 Å². The van der Waals surface area contributed by atoms with E-state index >= 15 is 0 Å². The molecule has 2 aromatic carbocycles. The molecule has 11 heteroatoms. The van der Waals surface area contributed by atoms with Crippen molar-refractivity contribution in [3.8, 4) is 0 Å². The Balaban J connectivity index is 0.000000329. The lowest BCUT2D eigenvalue weighted by Crippen LogP contribution is -2.28. The molecule has 0 aliphatic heterocycles. The number of carboxylic acids is 1. The summed E-state index contributed by atoms with van der Waals surface area (Å²) in [6.45, 7) is 2.78. The highest BCUT2D eigenvalue weighted by Gasteiger charge is 2.17. The lowest BCUT2D eigenvalue weighted by molar-refractivity contribution is -0.0756. The van der Waals surface area contributed by atoms with Crippen molar-refractivity contribution < 1.29 is 24.3 Å². The van der Waals surface area contributed by atoms with Gasteiger partial charge in [-0.3, -0.25) is 19.2 Å². The number of aryl methyl sites for hydroxylation is 2. The van der Waals surface area contributed by atoms with Crippen LogP contribution in [0.15, 0.2) is 70.5 Å². The Hall–Kier alpha value is -3.99. The molecule has 2 aromatic heterocycles. The molecule has 4 aromatic rings. The van der Waals surface area contributed by atoms with Crippen molar-refractivity contribution in [2.75, 3.05) is 27.9 Å². The highest BCUT2D eigenvalue weighted by atomic mass is 35.5. The maximum absolute atomic E-state index is 12.1. The summed E-state index contributed by atoms with van der Waals surface area (Å²) in [7, 11) is 7.80. The summed E-state index contributed by atoms with van der Waals surface area (Å²) in [4.78, 5) is 51.6. The highest BCUT2D eigenvalue weighted by molar-refractivity contribution is 6.06. The first-order chi connectivity index (χ1) is 17.6. The van der Waals surface area contributed by atoms with Crippen LogP contribution in [0.3, 0.4) is 0 Å². The molecule has 0 spiro atoms. The van der Waals surface area contributed by atoms with Gasteiger partial charge in [-0.2, -0.15) is 0 Å². The summed E-state index contributed by atoms with van der Waals surface area (Å²) in [5.41, 5.74) is 0.280. The molecule has 0 unspecified atom stereocenters. The van der Waals surface area contributed by atoms with Crippen molar-refractivity contribution in [1.82, 2.24) is 14.2 Å². The Morgan fingerprint density at radius 3 is 1.55 bits per heavy atom. The minimum absolute atomic E-state index is 0. The van der Waals surface area contributed by atoms with Gasteiger partial charge in [0.2, 0.25) is 0 Å². The van der Waals surface area contributed by atoms with E-state index in [1.165, 1.54) is 35.7 Å². The molecule has 0 aliphatic carbocycles. The molecule has 0 radical (unpaired) electrons. The van der Waals surface area contributed by atoms with Crippen LogP contribution in [0.25, 0.3) is 21.5 Å². The molecule has 204 valence electrons. The van der Waals surface area contributed by atoms with Crippen LogP contribution in [0.1, 0.15) is 27.6 Å². The Morgan fingerprint density at radius 2 is 1.18 bits per heavy atom. The topological polar surface area (TPSA) is 120 Å². The van der Waals surface area contributed by atoms with E-state index in [0.717, 1.165) is 11.7 Å². The number of hydrogen-bond donors (Lipinski definition) is 1. The number of rotatable bonds is 4. The zero-order chi connectivity index (χ0) is 27.7. The molecule has 0 bridgehead atoms. The van der Waals surface area contributed by atoms with E-state index in [-0.39, 0.29) is 35.0 Å². The number of amides is 1. The van der Waals surface area contributed by atoms with Gasteiger partial charge in [0.15, 0.2) is 0 Å². The zero-order valence-electron chi connectivity index (χ0n) is 22.1. The molecule has 1 N–H and O–H groups in total. The van der Waals surface area contributed by atoms with E-state index in [1.807, 2.05) is 6.92 Å². The third-order valence-electron chi connectivity index (χ3n) is 5.49. The van der Waals surface area contributed by atoms with Crippen LogP contribution >= 0.6 is 12.4 Å². The number of aromatic carboxylic acids is 1. The maximum atomic E-state index is 12.1. The van der Waals surface area contributed by atoms with Crippen molar-refractivity contribution in [3.05, 3.63) is 92.8 Å². The average molecular weight is 546 g/mol. The number of carboxylic acid groups (broad SMARTS) is 1. The molecule has 1 amide bonds. The average Bonchev–Trinajstić information content (AvgIpc) is 2.92. The minimum atomic E-state index is -1.03. The van der Waals surface area contributed by atoms with Crippen LogP contribution in [0.4, 0.5) is 0 Å². The highest BCUT2D eigenvalue weighted by Crippen LogP contribution is 2.17. The molecule has 0 saturated carbocycles. The molecule has 10 nitrogen and oxygen atoms in total. The van der Waals surface area contributed by atoms with E-state index in [2.05, 4.69) is 4.74 Å². The number of hydrogen-bond acceptors (Lipinski definition) is 6. The molecular formula is C27H32ClN3O7. The van der Waals surface area contributed by atoms with Crippen LogP contribution in [-0.2, 0) is 23.7 Å². The second kappa shape index (κ2) is 14.7. The van der Waals surface area contributed by atoms with Gasteiger partial charge in [0.1, 0.15) is 0 Å². The Kier molecular flexibility index (Phi) is 12.4. The van der Waals surface area contributed by atoms with Gasteiger partial charge in [-0.05, 0) is 19.1 Å². The lowest BCUT2D eigenvalue weighted by atomic mass is 10.1. The van der Waals surface area contributed by atoms with Crippen molar-refractivity contribution in [1.29, 1.82) is 0 Å². The van der Waals surface area contributed by atoms with E-state index in [9.17, 15) is 19.2 Å². The Labute approximate surface area is 226 Å². The van der Waals surface area contributed by atoms with Crippen molar-refractivity contribution in [2.45, 2.75) is 6.92 Å². The number of aromatic nitrogens is 2. The number of benzene rings is 2. The monoisotopic (exact) mass is 545 g/mol. The third kappa shape index (κ3) is 7.28. The predicted molar refractivity (Wildman–Crippen MR) is 149 cm³/mol. The predicted octanol–water partition coefficient (Wildman–Crippen LogP) is 3.48. The maximum Gasteiger partial charge on any atom is 0.337 e. The molecule has 4 rings (SSSR count). The second-order valence-corrected chi connectivity index (χ2v) is 7.88. The summed E-state index contributed by atoms with van der Waals surface area (Å²) in [5, 5.41) is 12.2. The van der Waals surface area contributed by atoms with Gasteiger partial charge >= 0.3 is 5.97 Å². The Bertz CT molecular complexity index is 1530. The van der Waals surface area contributed by atoms with E-state index in [4.69, 9.17) is 9.94 Å². The molecule has 0 aliphatic rings. The number of carbonyl (C=O) groups is 2.